The third kappa shape index (κ3) is 2.28. The van der Waals surface area contributed by atoms with Crippen LogP contribution >= 0.6 is 0 Å². The van der Waals surface area contributed by atoms with Crippen LogP contribution in [0.4, 0.5) is 18.0 Å². The van der Waals surface area contributed by atoms with Gasteiger partial charge in [-0.25, -0.2) is 9.59 Å². The summed E-state index contributed by atoms with van der Waals surface area (Å²) in [6, 6.07) is 2.94. The van der Waals surface area contributed by atoms with Gasteiger partial charge in [-0.3, -0.25) is 4.90 Å². The highest BCUT2D eigenvalue weighted by Gasteiger charge is 2.48. The summed E-state index contributed by atoms with van der Waals surface area (Å²) >= 11 is 0. The molecule has 0 radical (unpaired) electrons. The predicted molar refractivity (Wildman–Crippen MR) is 59.9 cm³/mol. The Labute approximate surface area is 111 Å². The number of carbonyl (C=O) groups is 2. The summed E-state index contributed by atoms with van der Waals surface area (Å²) < 4.78 is 43.5. The number of benzene rings is 1. The van der Waals surface area contributed by atoms with Crippen molar-refractivity contribution in [2.45, 2.75) is 18.3 Å². The number of rotatable bonds is 2. The second-order valence-corrected chi connectivity index (χ2v) is 4.28. The van der Waals surface area contributed by atoms with Crippen molar-refractivity contribution in [2.24, 2.45) is 0 Å². The van der Waals surface area contributed by atoms with Crippen LogP contribution in [-0.2, 0) is 15.7 Å². The molecule has 2 unspecified atom stereocenters. The summed E-state index contributed by atoms with van der Waals surface area (Å²) in [5, 5.41) is 9.07. The molecule has 1 aliphatic rings. The summed E-state index contributed by atoms with van der Waals surface area (Å²) in [7, 11) is 1.16. The van der Waals surface area contributed by atoms with E-state index in [4.69, 9.17) is 9.84 Å². The van der Waals surface area contributed by atoms with E-state index in [9.17, 15) is 22.8 Å². The number of likely N-dealkylation sites (N-methyl/N-ethyl adjacent to an activating group) is 1. The molecule has 1 heterocycles. The first-order chi connectivity index (χ1) is 9.23. The van der Waals surface area contributed by atoms with Crippen LogP contribution in [0.3, 0.4) is 0 Å². The van der Waals surface area contributed by atoms with Crippen LogP contribution in [0.2, 0.25) is 0 Å². The van der Waals surface area contributed by atoms with E-state index < -0.39 is 35.9 Å². The second kappa shape index (κ2) is 4.69. The van der Waals surface area contributed by atoms with Crippen LogP contribution in [0.25, 0.3) is 0 Å². The molecule has 2 atom stereocenters. The molecule has 1 fully saturated rings. The summed E-state index contributed by atoms with van der Waals surface area (Å²) in [6.45, 7) is 0. The molecule has 1 aromatic carbocycles. The Hall–Kier alpha value is -2.25. The first kappa shape index (κ1) is 14.2. The minimum atomic E-state index is -4.66. The number of aliphatic carboxylic acids is 1. The molecule has 1 saturated heterocycles. The van der Waals surface area contributed by atoms with Crippen molar-refractivity contribution < 1.29 is 32.6 Å². The fourth-order valence-corrected chi connectivity index (χ4v) is 2.10. The average Bonchev–Trinajstić information content (AvgIpc) is 2.65. The molecule has 0 saturated carbocycles. The van der Waals surface area contributed by atoms with E-state index in [-0.39, 0.29) is 5.56 Å². The van der Waals surface area contributed by atoms with Gasteiger partial charge in [0.1, 0.15) is 0 Å². The van der Waals surface area contributed by atoms with Crippen molar-refractivity contribution in [3.8, 4) is 0 Å². The van der Waals surface area contributed by atoms with Gasteiger partial charge in [-0.15, -0.1) is 0 Å². The van der Waals surface area contributed by atoms with Crippen molar-refractivity contribution in [2.75, 3.05) is 7.05 Å². The zero-order valence-electron chi connectivity index (χ0n) is 10.2. The van der Waals surface area contributed by atoms with Gasteiger partial charge >= 0.3 is 18.2 Å². The molecule has 1 aromatic rings. The average molecular weight is 289 g/mol. The van der Waals surface area contributed by atoms with Gasteiger partial charge in [0, 0.05) is 12.6 Å². The molecular formula is C12H10F3NO4. The van der Waals surface area contributed by atoms with Crippen molar-refractivity contribution in [1.82, 2.24) is 4.90 Å². The normalized spacial score (nSPS) is 22.8. The Morgan fingerprint density at radius 2 is 1.95 bits per heavy atom. The maximum absolute atomic E-state index is 12.9. The Balaban J connectivity index is 2.51. The third-order valence-electron chi connectivity index (χ3n) is 3.05. The van der Waals surface area contributed by atoms with E-state index in [0.717, 1.165) is 24.1 Å². The minimum absolute atomic E-state index is 0.370. The number of hydrogen-bond acceptors (Lipinski definition) is 3. The molecule has 2 rings (SSSR count). The molecule has 8 heteroatoms. The summed E-state index contributed by atoms with van der Waals surface area (Å²) in [5.41, 5.74) is -1.38. The predicted octanol–water partition coefficient (Wildman–Crippen LogP) is 2.28. The van der Waals surface area contributed by atoms with Crippen molar-refractivity contribution in [3.05, 3.63) is 35.4 Å². The van der Waals surface area contributed by atoms with Crippen LogP contribution in [0.5, 0.6) is 0 Å². The molecule has 5 nitrogen and oxygen atoms in total. The number of cyclic esters (lactones) is 1. The summed E-state index contributed by atoms with van der Waals surface area (Å²) in [5.74, 6) is -1.43. The van der Waals surface area contributed by atoms with Gasteiger partial charge in [0.05, 0.1) is 5.56 Å². The number of carbonyl (C=O) groups excluding carboxylic acids is 1. The molecule has 0 bridgehead atoms. The lowest BCUT2D eigenvalue weighted by Crippen LogP contribution is -2.37. The molecule has 1 amide bonds. The highest BCUT2D eigenvalue weighted by Crippen LogP contribution is 2.39. The molecule has 1 aliphatic heterocycles. The maximum Gasteiger partial charge on any atom is 0.416 e. The fourth-order valence-electron chi connectivity index (χ4n) is 2.10. The smallest absolute Gasteiger partial charge is 0.416 e. The van der Waals surface area contributed by atoms with Crippen LogP contribution in [0.1, 0.15) is 17.2 Å². The van der Waals surface area contributed by atoms with E-state index in [1.807, 2.05) is 0 Å². The van der Waals surface area contributed by atoms with E-state index in [2.05, 4.69) is 0 Å². The van der Waals surface area contributed by atoms with Gasteiger partial charge in [0.2, 0.25) is 0 Å². The Morgan fingerprint density at radius 3 is 2.50 bits per heavy atom. The monoisotopic (exact) mass is 289 g/mol. The maximum atomic E-state index is 12.9. The van der Waals surface area contributed by atoms with Gasteiger partial charge in [-0.2, -0.15) is 13.2 Å². The number of carboxylic acids is 1. The van der Waals surface area contributed by atoms with E-state index >= 15 is 0 Å². The van der Waals surface area contributed by atoms with Crippen LogP contribution < -0.4 is 0 Å². The molecule has 1 N–H and O–H groups in total. The number of halogens is 3. The molecule has 0 spiro atoms. The van der Waals surface area contributed by atoms with E-state index in [1.54, 1.807) is 0 Å². The molecule has 108 valence electrons. The molecule has 0 aromatic heterocycles. The topological polar surface area (TPSA) is 66.8 Å². The highest BCUT2D eigenvalue weighted by molar-refractivity contribution is 5.84. The first-order valence-electron chi connectivity index (χ1n) is 5.56. The summed E-state index contributed by atoms with van der Waals surface area (Å²) in [4.78, 5) is 23.3. The van der Waals surface area contributed by atoms with E-state index in [0.29, 0.717) is 0 Å². The first-order valence-corrected chi connectivity index (χ1v) is 5.56. The van der Waals surface area contributed by atoms with Gasteiger partial charge in [-0.05, 0) is 6.07 Å². The van der Waals surface area contributed by atoms with Crippen molar-refractivity contribution in [1.29, 1.82) is 0 Å². The Kier molecular flexibility index (Phi) is 3.33. The van der Waals surface area contributed by atoms with Crippen LogP contribution in [0.15, 0.2) is 24.3 Å². The summed E-state index contributed by atoms with van der Waals surface area (Å²) in [6.07, 6.45) is -7.13. The molecule has 20 heavy (non-hydrogen) atoms. The van der Waals surface area contributed by atoms with Gasteiger partial charge < -0.3 is 9.84 Å². The molecular weight excluding hydrogens is 279 g/mol. The fraction of sp³-hybridized carbons (Fsp3) is 0.333. The van der Waals surface area contributed by atoms with Crippen LogP contribution in [-0.4, -0.2) is 35.2 Å². The SMILES string of the molecule is CN1C(=O)OC(c2ccccc2C(F)(F)F)C1C(=O)O. The quantitative estimate of drug-likeness (QED) is 0.907. The number of nitrogens with zero attached hydrogens (tertiary/aromatic N) is 1. The zero-order valence-corrected chi connectivity index (χ0v) is 10.2. The van der Waals surface area contributed by atoms with Crippen LogP contribution in [0, 0.1) is 0 Å². The number of ether oxygens (including phenoxy) is 1. The largest absolute Gasteiger partial charge is 0.480 e. The Bertz CT molecular complexity index is 558. The van der Waals surface area contributed by atoms with E-state index in [1.165, 1.54) is 12.1 Å². The van der Waals surface area contributed by atoms with Crippen molar-refractivity contribution >= 4 is 12.1 Å². The lowest BCUT2D eigenvalue weighted by atomic mass is 9.97. The number of carboxylic acid groups (broad SMARTS) is 1. The molecule has 0 aliphatic carbocycles. The minimum Gasteiger partial charge on any atom is -0.480 e. The van der Waals surface area contributed by atoms with Gasteiger partial charge in [-0.1, -0.05) is 18.2 Å². The Morgan fingerprint density at radius 1 is 1.35 bits per heavy atom. The van der Waals surface area contributed by atoms with Crippen molar-refractivity contribution in [3.63, 3.8) is 0 Å². The number of alkyl halides is 3. The lowest BCUT2D eigenvalue weighted by molar-refractivity contribution is -0.145. The third-order valence-corrected chi connectivity index (χ3v) is 3.05. The standard InChI is InChI=1S/C12H10F3NO4/c1-16-8(10(17)18)9(20-11(16)19)6-4-2-3-5-7(6)12(13,14)15/h2-5,8-9H,1H3,(H,17,18). The number of amides is 1. The highest BCUT2D eigenvalue weighted by atomic mass is 19.4. The second-order valence-electron chi connectivity index (χ2n) is 4.28. The lowest BCUT2D eigenvalue weighted by Gasteiger charge is -2.20. The number of hydrogen-bond donors (Lipinski definition) is 1. The zero-order chi connectivity index (χ0) is 15.1. The van der Waals surface area contributed by atoms with Gasteiger partial charge in [0.15, 0.2) is 12.1 Å². The van der Waals surface area contributed by atoms with Gasteiger partial charge in [0.25, 0.3) is 0 Å².